The number of benzene rings is 4. The number of ether oxygens (including phenoxy) is 3. The normalized spacial score (nSPS) is 29.4. The highest BCUT2D eigenvalue weighted by Crippen LogP contribution is 2.52. The predicted octanol–water partition coefficient (Wildman–Crippen LogP) is 6.37. The summed E-state index contributed by atoms with van der Waals surface area (Å²) < 4.78 is 18.3. The van der Waals surface area contributed by atoms with Gasteiger partial charge in [-0.15, -0.1) is 0 Å². The van der Waals surface area contributed by atoms with E-state index < -0.39 is 0 Å². The van der Waals surface area contributed by atoms with Gasteiger partial charge in [0, 0.05) is 0 Å². The molecule has 2 aliphatic rings. The SMILES string of the molecule is CC1(COCC2(C)OC2c2ccc3ccccc3c2)OC1c1ccc2ccccc2c1. The molecule has 4 aromatic rings. The molecule has 0 amide bonds. The Morgan fingerprint density at radius 1 is 0.613 bits per heavy atom. The summed E-state index contributed by atoms with van der Waals surface area (Å²) in [6, 6.07) is 30.0. The van der Waals surface area contributed by atoms with Gasteiger partial charge in [0.05, 0.1) is 13.2 Å². The zero-order chi connectivity index (χ0) is 21.1. The summed E-state index contributed by atoms with van der Waals surface area (Å²) in [5.41, 5.74) is 1.89. The number of fused-ring (bicyclic) bond motifs is 2. The van der Waals surface area contributed by atoms with E-state index in [-0.39, 0.29) is 23.4 Å². The van der Waals surface area contributed by atoms with Crippen LogP contribution in [-0.4, -0.2) is 24.4 Å². The van der Waals surface area contributed by atoms with Crippen molar-refractivity contribution >= 4 is 21.5 Å². The molecule has 0 N–H and O–H groups in total. The quantitative estimate of drug-likeness (QED) is 0.346. The van der Waals surface area contributed by atoms with Crippen molar-refractivity contribution < 1.29 is 14.2 Å². The second-order valence-electron chi connectivity index (χ2n) is 9.33. The lowest BCUT2D eigenvalue weighted by molar-refractivity contribution is 0.0520. The molecular formula is C28H26O3. The van der Waals surface area contributed by atoms with Crippen LogP contribution in [0.3, 0.4) is 0 Å². The second kappa shape index (κ2) is 6.89. The molecule has 3 nitrogen and oxygen atoms in total. The highest BCUT2D eigenvalue weighted by atomic mass is 16.7. The summed E-state index contributed by atoms with van der Waals surface area (Å²) in [5.74, 6) is 0. The fraction of sp³-hybridized carbons (Fsp3) is 0.286. The van der Waals surface area contributed by atoms with Crippen LogP contribution in [0.5, 0.6) is 0 Å². The lowest BCUT2D eigenvalue weighted by atomic mass is 9.98. The first kappa shape index (κ1) is 19.0. The van der Waals surface area contributed by atoms with Gasteiger partial charge < -0.3 is 14.2 Å². The molecule has 0 bridgehead atoms. The van der Waals surface area contributed by atoms with Crippen LogP contribution in [0, 0.1) is 0 Å². The van der Waals surface area contributed by atoms with Gasteiger partial charge in [0.15, 0.2) is 0 Å². The molecule has 2 aliphatic heterocycles. The van der Waals surface area contributed by atoms with Crippen LogP contribution in [0.15, 0.2) is 84.9 Å². The van der Waals surface area contributed by atoms with Gasteiger partial charge in [-0.3, -0.25) is 0 Å². The van der Waals surface area contributed by atoms with Gasteiger partial charge in [-0.05, 0) is 58.7 Å². The Kier molecular flexibility index (Phi) is 4.23. The molecule has 6 rings (SSSR count). The van der Waals surface area contributed by atoms with Gasteiger partial charge in [-0.2, -0.15) is 0 Å². The maximum Gasteiger partial charge on any atom is 0.120 e. The summed E-state index contributed by atoms with van der Waals surface area (Å²) in [4.78, 5) is 0. The first-order valence-electron chi connectivity index (χ1n) is 10.9. The molecule has 0 aromatic heterocycles. The molecule has 0 spiro atoms. The van der Waals surface area contributed by atoms with Crippen LogP contribution >= 0.6 is 0 Å². The number of hydrogen-bond donors (Lipinski definition) is 0. The Balaban J connectivity index is 1.08. The minimum absolute atomic E-state index is 0.0846. The lowest BCUT2D eigenvalue weighted by Crippen LogP contribution is -2.22. The average Bonchev–Trinajstić information content (AvgIpc) is 3.68. The predicted molar refractivity (Wildman–Crippen MR) is 123 cm³/mol. The van der Waals surface area contributed by atoms with Gasteiger partial charge >= 0.3 is 0 Å². The van der Waals surface area contributed by atoms with E-state index in [0.29, 0.717) is 13.2 Å². The third-order valence-electron chi connectivity index (χ3n) is 6.70. The van der Waals surface area contributed by atoms with Crippen molar-refractivity contribution in [1.82, 2.24) is 0 Å². The molecule has 31 heavy (non-hydrogen) atoms. The molecule has 2 fully saturated rings. The van der Waals surface area contributed by atoms with E-state index >= 15 is 0 Å². The van der Waals surface area contributed by atoms with Gasteiger partial charge in [-0.25, -0.2) is 0 Å². The Morgan fingerprint density at radius 2 is 1.03 bits per heavy atom. The van der Waals surface area contributed by atoms with Crippen LogP contribution in [0.25, 0.3) is 21.5 Å². The fourth-order valence-corrected chi connectivity index (χ4v) is 4.73. The Hall–Kier alpha value is -2.72. The van der Waals surface area contributed by atoms with Crippen molar-refractivity contribution in [3.63, 3.8) is 0 Å². The average molecular weight is 411 g/mol. The second-order valence-corrected chi connectivity index (χ2v) is 9.33. The minimum Gasteiger partial charge on any atom is -0.375 e. The Bertz CT molecular complexity index is 1180. The monoisotopic (exact) mass is 410 g/mol. The summed E-state index contributed by atoms with van der Waals surface area (Å²) in [7, 11) is 0. The molecule has 4 atom stereocenters. The third kappa shape index (κ3) is 3.43. The molecule has 0 radical (unpaired) electrons. The van der Waals surface area contributed by atoms with Crippen molar-refractivity contribution in [2.24, 2.45) is 0 Å². The molecule has 0 saturated carbocycles. The molecular weight excluding hydrogens is 384 g/mol. The maximum atomic E-state index is 6.12. The summed E-state index contributed by atoms with van der Waals surface area (Å²) >= 11 is 0. The van der Waals surface area contributed by atoms with E-state index in [1.807, 2.05) is 0 Å². The van der Waals surface area contributed by atoms with Crippen molar-refractivity contribution in [2.45, 2.75) is 37.3 Å². The minimum atomic E-state index is -0.272. The van der Waals surface area contributed by atoms with Crippen molar-refractivity contribution in [1.29, 1.82) is 0 Å². The summed E-state index contributed by atoms with van der Waals surface area (Å²) in [5, 5.41) is 5.00. The smallest absolute Gasteiger partial charge is 0.120 e. The molecule has 4 unspecified atom stereocenters. The molecule has 0 aliphatic carbocycles. The molecule has 156 valence electrons. The van der Waals surface area contributed by atoms with Crippen LogP contribution in [0.1, 0.15) is 37.2 Å². The summed E-state index contributed by atoms with van der Waals surface area (Å²) in [6.45, 7) is 5.38. The highest BCUT2D eigenvalue weighted by Gasteiger charge is 2.56. The van der Waals surface area contributed by atoms with Crippen molar-refractivity contribution in [3.05, 3.63) is 96.1 Å². The summed E-state index contributed by atoms with van der Waals surface area (Å²) in [6.07, 6.45) is 0.169. The van der Waals surface area contributed by atoms with E-state index in [0.717, 1.165) is 0 Å². The topological polar surface area (TPSA) is 34.3 Å². The highest BCUT2D eigenvalue weighted by molar-refractivity contribution is 5.84. The van der Waals surface area contributed by atoms with E-state index in [2.05, 4.69) is 98.8 Å². The maximum absolute atomic E-state index is 6.12. The number of rotatable bonds is 6. The van der Waals surface area contributed by atoms with Crippen LogP contribution in [0.4, 0.5) is 0 Å². The van der Waals surface area contributed by atoms with E-state index in [4.69, 9.17) is 14.2 Å². The van der Waals surface area contributed by atoms with Gasteiger partial charge in [0.1, 0.15) is 23.4 Å². The van der Waals surface area contributed by atoms with Crippen LogP contribution < -0.4 is 0 Å². The van der Waals surface area contributed by atoms with E-state index in [1.54, 1.807) is 0 Å². The number of hydrogen-bond acceptors (Lipinski definition) is 3. The zero-order valence-electron chi connectivity index (χ0n) is 17.9. The standard InChI is InChI=1S/C28H26O3/c1-27(25(30-27)23-13-11-19-7-3-5-9-21(19)15-23)17-29-18-28(2)26(31-28)24-14-12-20-8-4-6-10-22(20)16-24/h3-16,25-26H,17-18H2,1-2H3. The van der Waals surface area contributed by atoms with Gasteiger partial charge in [0.2, 0.25) is 0 Å². The molecule has 4 aromatic carbocycles. The van der Waals surface area contributed by atoms with Crippen LogP contribution in [-0.2, 0) is 14.2 Å². The van der Waals surface area contributed by atoms with Crippen molar-refractivity contribution in [2.75, 3.05) is 13.2 Å². The largest absolute Gasteiger partial charge is 0.375 e. The molecule has 2 heterocycles. The van der Waals surface area contributed by atoms with Gasteiger partial charge in [-0.1, -0.05) is 72.8 Å². The lowest BCUT2D eigenvalue weighted by Gasteiger charge is -2.12. The molecule has 2 saturated heterocycles. The Labute approximate surface area is 182 Å². The van der Waals surface area contributed by atoms with Crippen molar-refractivity contribution in [3.8, 4) is 0 Å². The van der Waals surface area contributed by atoms with E-state index in [9.17, 15) is 0 Å². The first-order valence-corrected chi connectivity index (χ1v) is 10.9. The van der Waals surface area contributed by atoms with E-state index in [1.165, 1.54) is 32.7 Å². The van der Waals surface area contributed by atoms with Gasteiger partial charge in [0.25, 0.3) is 0 Å². The Morgan fingerprint density at radius 3 is 1.48 bits per heavy atom. The van der Waals surface area contributed by atoms with Crippen LogP contribution in [0.2, 0.25) is 0 Å². The fourth-order valence-electron chi connectivity index (χ4n) is 4.73. The molecule has 3 heteroatoms. The zero-order valence-corrected chi connectivity index (χ0v) is 17.9. The third-order valence-corrected chi connectivity index (χ3v) is 6.70. The first-order chi connectivity index (χ1) is 15.0. The number of epoxide rings is 2.